The van der Waals surface area contributed by atoms with E-state index in [2.05, 4.69) is 15.2 Å². The summed E-state index contributed by atoms with van der Waals surface area (Å²) in [5.74, 6) is -0.141. The third-order valence-electron chi connectivity index (χ3n) is 4.01. The van der Waals surface area contributed by atoms with Gasteiger partial charge in [-0.25, -0.2) is 9.37 Å². The Balaban J connectivity index is 1.69. The van der Waals surface area contributed by atoms with Gasteiger partial charge in [0.25, 0.3) is 0 Å². The van der Waals surface area contributed by atoms with Crippen LogP contribution in [0, 0.1) is 5.82 Å². The molecule has 1 amide bonds. The van der Waals surface area contributed by atoms with Crippen LogP contribution in [0.15, 0.2) is 29.6 Å². The van der Waals surface area contributed by atoms with Crippen LogP contribution < -0.4 is 10.2 Å². The Labute approximate surface area is 139 Å². The third-order valence-corrected chi connectivity index (χ3v) is 4.91. The van der Waals surface area contributed by atoms with E-state index >= 15 is 0 Å². The third kappa shape index (κ3) is 3.88. The lowest BCUT2D eigenvalue weighted by molar-refractivity contribution is -0.121. The zero-order chi connectivity index (χ0) is 16.2. The van der Waals surface area contributed by atoms with Gasteiger partial charge in [0, 0.05) is 36.5 Å². The van der Waals surface area contributed by atoms with Crippen LogP contribution in [0.1, 0.15) is 26.2 Å². The van der Waals surface area contributed by atoms with Crippen LogP contribution in [-0.4, -0.2) is 30.0 Å². The van der Waals surface area contributed by atoms with Gasteiger partial charge in [-0.05, 0) is 37.1 Å². The van der Waals surface area contributed by atoms with Gasteiger partial charge >= 0.3 is 0 Å². The fraction of sp³-hybridized carbons (Fsp3) is 0.412. The molecule has 0 bridgehead atoms. The predicted molar refractivity (Wildman–Crippen MR) is 91.2 cm³/mol. The summed E-state index contributed by atoms with van der Waals surface area (Å²) in [5.41, 5.74) is 1.78. The molecule has 0 spiro atoms. The molecule has 0 radical (unpaired) electrons. The van der Waals surface area contributed by atoms with E-state index in [1.54, 1.807) is 23.5 Å². The zero-order valence-corrected chi connectivity index (χ0v) is 13.9. The van der Waals surface area contributed by atoms with E-state index in [9.17, 15) is 9.18 Å². The Hall–Kier alpha value is -1.95. The summed E-state index contributed by atoms with van der Waals surface area (Å²) in [7, 11) is 0. The number of carbonyl (C=O) groups excluding carboxylic acids is 1. The van der Waals surface area contributed by atoms with Crippen LogP contribution in [0.25, 0.3) is 11.3 Å². The molecule has 2 aromatic rings. The first-order chi connectivity index (χ1) is 11.2. The molecule has 1 fully saturated rings. The van der Waals surface area contributed by atoms with Gasteiger partial charge in [0.1, 0.15) is 5.82 Å². The zero-order valence-electron chi connectivity index (χ0n) is 13.1. The molecule has 1 aliphatic rings. The predicted octanol–water partition coefficient (Wildman–Crippen LogP) is 3.44. The molecule has 1 saturated heterocycles. The van der Waals surface area contributed by atoms with Crippen molar-refractivity contribution < 1.29 is 9.18 Å². The molecule has 1 aromatic carbocycles. The van der Waals surface area contributed by atoms with Crippen molar-refractivity contribution in [3.8, 4) is 11.3 Å². The topological polar surface area (TPSA) is 45.2 Å². The van der Waals surface area contributed by atoms with Crippen LogP contribution in [0.3, 0.4) is 0 Å². The van der Waals surface area contributed by atoms with Gasteiger partial charge in [-0.15, -0.1) is 11.3 Å². The van der Waals surface area contributed by atoms with Crippen LogP contribution >= 0.6 is 11.3 Å². The highest BCUT2D eigenvalue weighted by atomic mass is 32.1. The minimum Gasteiger partial charge on any atom is -0.352 e. The standard InChI is InChI=1S/C17H20FN3OS/c1-2-16(22)19-14-4-3-9-21(10-14)17-20-15(11-23-17)12-5-7-13(18)8-6-12/h5-8,11,14H,2-4,9-10H2,1H3,(H,19,22). The summed E-state index contributed by atoms with van der Waals surface area (Å²) in [6.45, 7) is 3.61. The van der Waals surface area contributed by atoms with Crippen LogP contribution in [-0.2, 0) is 4.79 Å². The maximum atomic E-state index is 13.0. The Morgan fingerprint density at radius 3 is 2.96 bits per heavy atom. The molecule has 4 nitrogen and oxygen atoms in total. The highest BCUT2D eigenvalue weighted by molar-refractivity contribution is 7.14. The molecular formula is C17H20FN3OS. The van der Waals surface area contributed by atoms with E-state index in [-0.39, 0.29) is 17.8 Å². The summed E-state index contributed by atoms with van der Waals surface area (Å²) in [4.78, 5) is 18.5. The average Bonchev–Trinajstić information content (AvgIpc) is 3.06. The Morgan fingerprint density at radius 2 is 2.22 bits per heavy atom. The first kappa shape index (κ1) is 15.9. The summed E-state index contributed by atoms with van der Waals surface area (Å²) in [5, 5.41) is 6.02. The minimum absolute atomic E-state index is 0.1000. The summed E-state index contributed by atoms with van der Waals surface area (Å²) in [6, 6.07) is 6.58. The van der Waals surface area contributed by atoms with Crippen molar-refractivity contribution in [2.75, 3.05) is 18.0 Å². The summed E-state index contributed by atoms with van der Waals surface area (Å²) < 4.78 is 13.0. The number of amides is 1. The summed E-state index contributed by atoms with van der Waals surface area (Å²) >= 11 is 1.59. The number of anilines is 1. The van der Waals surface area contributed by atoms with Crippen molar-refractivity contribution in [2.24, 2.45) is 0 Å². The van der Waals surface area contributed by atoms with Crippen LogP contribution in [0.5, 0.6) is 0 Å². The van der Waals surface area contributed by atoms with Gasteiger partial charge in [-0.1, -0.05) is 6.92 Å². The Bertz CT molecular complexity index is 671. The number of hydrogen-bond acceptors (Lipinski definition) is 4. The van der Waals surface area contributed by atoms with Crippen LogP contribution in [0.4, 0.5) is 9.52 Å². The lowest BCUT2D eigenvalue weighted by Gasteiger charge is -2.32. The Morgan fingerprint density at radius 1 is 1.43 bits per heavy atom. The molecule has 1 unspecified atom stereocenters. The normalized spacial score (nSPS) is 18.0. The SMILES string of the molecule is CCC(=O)NC1CCCN(c2nc(-c3ccc(F)cc3)cs2)C1. The van der Waals surface area contributed by atoms with Gasteiger partial charge in [-0.3, -0.25) is 4.79 Å². The maximum absolute atomic E-state index is 13.0. The van der Waals surface area contributed by atoms with Crippen LogP contribution in [0.2, 0.25) is 0 Å². The molecule has 1 aromatic heterocycles. The first-order valence-electron chi connectivity index (χ1n) is 7.91. The number of piperidine rings is 1. The van der Waals surface area contributed by atoms with Gasteiger partial charge in [0.05, 0.1) is 5.69 Å². The smallest absolute Gasteiger partial charge is 0.219 e. The number of aromatic nitrogens is 1. The number of benzene rings is 1. The van der Waals surface area contributed by atoms with E-state index in [1.807, 2.05) is 12.3 Å². The highest BCUT2D eigenvalue weighted by Gasteiger charge is 2.23. The van der Waals surface area contributed by atoms with Gasteiger partial charge in [0.15, 0.2) is 5.13 Å². The number of thiazole rings is 1. The molecule has 1 atom stereocenters. The number of nitrogens with zero attached hydrogens (tertiary/aromatic N) is 2. The number of halogens is 1. The van der Waals surface area contributed by atoms with E-state index in [4.69, 9.17) is 0 Å². The quantitative estimate of drug-likeness (QED) is 0.932. The number of carbonyl (C=O) groups is 1. The molecule has 23 heavy (non-hydrogen) atoms. The van der Waals surface area contributed by atoms with E-state index < -0.39 is 0 Å². The van der Waals surface area contributed by atoms with E-state index in [0.717, 1.165) is 42.3 Å². The fourth-order valence-corrected chi connectivity index (χ4v) is 3.63. The lowest BCUT2D eigenvalue weighted by Crippen LogP contribution is -2.47. The largest absolute Gasteiger partial charge is 0.352 e. The van der Waals surface area contributed by atoms with Crippen molar-refractivity contribution >= 4 is 22.4 Å². The molecule has 0 aliphatic carbocycles. The number of hydrogen-bond donors (Lipinski definition) is 1. The Kier molecular flexibility index (Phi) is 4.91. The van der Waals surface area contributed by atoms with Crippen molar-refractivity contribution in [3.05, 3.63) is 35.5 Å². The monoisotopic (exact) mass is 333 g/mol. The van der Waals surface area contributed by atoms with Gasteiger partial charge in [-0.2, -0.15) is 0 Å². The second kappa shape index (κ2) is 7.08. The van der Waals surface area contributed by atoms with Gasteiger partial charge < -0.3 is 10.2 Å². The molecule has 1 aliphatic heterocycles. The second-order valence-electron chi connectivity index (χ2n) is 5.73. The van der Waals surface area contributed by atoms with Crippen molar-refractivity contribution in [1.82, 2.24) is 10.3 Å². The molecule has 2 heterocycles. The fourth-order valence-electron chi connectivity index (χ4n) is 2.76. The van der Waals surface area contributed by atoms with Crippen molar-refractivity contribution in [2.45, 2.75) is 32.2 Å². The second-order valence-corrected chi connectivity index (χ2v) is 6.57. The average molecular weight is 333 g/mol. The van der Waals surface area contributed by atoms with Crippen molar-refractivity contribution in [3.63, 3.8) is 0 Å². The van der Waals surface area contributed by atoms with E-state index in [1.165, 1.54) is 12.1 Å². The molecule has 6 heteroatoms. The highest BCUT2D eigenvalue weighted by Crippen LogP contribution is 2.29. The molecule has 122 valence electrons. The van der Waals surface area contributed by atoms with Crippen molar-refractivity contribution in [1.29, 1.82) is 0 Å². The minimum atomic E-state index is -0.241. The van der Waals surface area contributed by atoms with Gasteiger partial charge in [0.2, 0.25) is 5.91 Å². The number of nitrogens with one attached hydrogen (secondary N) is 1. The molecule has 3 rings (SSSR count). The van der Waals surface area contributed by atoms with E-state index in [0.29, 0.717) is 6.42 Å². The molecule has 0 saturated carbocycles. The molecule has 1 N–H and O–H groups in total. The summed E-state index contributed by atoms with van der Waals surface area (Å²) in [6.07, 6.45) is 2.57. The molecular weight excluding hydrogens is 313 g/mol. The maximum Gasteiger partial charge on any atom is 0.219 e. The number of rotatable bonds is 4. The lowest BCUT2D eigenvalue weighted by atomic mass is 10.1. The first-order valence-corrected chi connectivity index (χ1v) is 8.79.